The maximum atomic E-state index is 12.5. The third kappa shape index (κ3) is 7.72. The Kier molecular flexibility index (Phi) is 9.26. The van der Waals surface area contributed by atoms with E-state index in [0.717, 1.165) is 18.8 Å². The molecule has 3 rings (SSSR count). The summed E-state index contributed by atoms with van der Waals surface area (Å²) >= 11 is 6.04. The van der Waals surface area contributed by atoms with Crippen LogP contribution in [0.15, 0.2) is 48.5 Å². The number of nitrogens with zero attached hydrogens (tertiary/aromatic N) is 3. The number of carbonyl (C=O) groups excluding carboxylic acids is 3. The highest BCUT2D eigenvalue weighted by Gasteiger charge is 2.17. The van der Waals surface area contributed by atoms with Crippen molar-refractivity contribution in [3.8, 4) is 0 Å². The summed E-state index contributed by atoms with van der Waals surface area (Å²) in [5, 5.41) is 5.95. The lowest BCUT2D eigenvalue weighted by Crippen LogP contribution is -2.42. The van der Waals surface area contributed by atoms with Crippen LogP contribution in [0.1, 0.15) is 0 Å². The van der Waals surface area contributed by atoms with Crippen molar-refractivity contribution in [1.29, 1.82) is 0 Å². The van der Waals surface area contributed by atoms with E-state index in [4.69, 9.17) is 16.3 Å². The first-order chi connectivity index (χ1) is 16.3. The van der Waals surface area contributed by atoms with Gasteiger partial charge >= 0.3 is 0 Å². The lowest BCUT2D eigenvalue weighted by molar-refractivity contribution is -0.134. The molecular weight excluding hydrogens is 458 g/mol. The molecule has 0 bridgehead atoms. The Morgan fingerprint density at radius 2 is 1.56 bits per heavy atom. The Bertz CT molecular complexity index is 995. The lowest BCUT2D eigenvalue weighted by atomic mass is 10.2. The fourth-order valence-electron chi connectivity index (χ4n) is 3.49. The number of likely N-dealkylation sites (N-methyl/N-ethyl adjacent to an activating group) is 2. The van der Waals surface area contributed by atoms with Crippen LogP contribution in [-0.2, 0) is 19.1 Å². The van der Waals surface area contributed by atoms with E-state index in [1.54, 1.807) is 43.3 Å². The third-order valence-electron chi connectivity index (χ3n) is 5.30. The maximum absolute atomic E-state index is 12.5. The van der Waals surface area contributed by atoms with Gasteiger partial charge in [0.2, 0.25) is 17.7 Å². The van der Waals surface area contributed by atoms with Crippen molar-refractivity contribution < 1.29 is 19.1 Å². The molecule has 1 aliphatic heterocycles. The molecule has 0 spiro atoms. The summed E-state index contributed by atoms with van der Waals surface area (Å²) < 4.78 is 5.37. The number of halogens is 1. The van der Waals surface area contributed by atoms with Crippen LogP contribution in [0.3, 0.4) is 0 Å². The Morgan fingerprint density at radius 1 is 0.912 bits per heavy atom. The van der Waals surface area contributed by atoms with E-state index in [0.29, 0.717) is 29.6 Å². The summed E-state index contributed by atoms with van der Waals surface area (Å²) in [4.78, 5) is 42.2. The Hall–Kier alpha value is -3.14. The second kappa shape index (κ2) is 12.4. The van der Waals surface area contributed by atoms with Crippen LogP contribution in [-0.4, -0.2) is 87.6 Å². The van der Waals surface area contributed by atoms with E-state index >= 15 is 0 Å². The summed E-state index contributed by atoms with van der Waals surface area (Å²) in [5.74, 6) is -0.863. The van der Waals surface area contributed by atoms with E-state index < -0.39 is 0 Å². The van der Waals surface area contributed by atoms with Crippen LogP contribution in [0.2, 0.25) is 5.02 Å². The van der Waals surface area contributed by atoms with Gasteiger partial charge in [0.25, 0.3) is 0 Å². The largest absolute Gasteiger partial charge is 0.378 e. The number of ether oxygens (including phenoxy) is 1. The molecule has 3 amide bonds. The normalized spacial score (nSPS) is 13.5. The number of para-hydroxylation sites is 1. The maximum Gasteiger partial charge on any atom is 0.244 e. The number of hydrogen-bond acceptors (Lipinski definition) is 6. The number of benzene rings is 2. The monoisotopic (exact) mass is 487 g/mol. The third-order valence-corrected chi connectivity index (χ3v) is 5.63. The molecule has 2 aromatic rings. The number of carbonyl (C=O) groups is 3. The zero-order valence-corrected chi connectivity index (χ0v) is 20.2. The second-order valence-electron chi connectivity index (χ2n) is 8.14. The van der Waals surface area contributed by atoms with Gasteiger partial charge in [0, 0.05) is 31.5 Å². The van der Waals surface area contributed by atoms with Crippen LogP contribution in [0, 0.1) is 0 Å². The number of hydrogen-bond donors (Lipinski definition) is 2. The molecule has 2 aromatic carbocycles. The molecule has 0 aromatic heterocycles. The van der Waals surface area contributed by atoms with Crippen molar-refractivity contribution in [1.82, 2.24) is 9.80 Å². The van der Waals surface area contributed by atoms with Crippen molar-refractivity contribution in [2.24, 2.45) is 0 Å². The number of rotatable bonds is 9. The first-order valence-electron chi connectivity index (χ1n) is 11.0. The molecule has 0 atom stereocenters. The first kappa shape index (κ1) is 25.5. The van der Waals surface area contributed by atoms with E-state index in [1.165, 1.54) is 4.90 Å². The number of amides is 3. The van der Waals surface area contributed by atoms with Crippen molar-refractivity contribution in [3.63, 3.8) is 0 Å². The zero-order valence-electron chi connectivity index (χ0n) is 19.4. The molecule has 34 heavy (non-hydrogen) atoms. The molecule has 1 fully saturated rings. The average Bonchev–Trinajstić information content (AvgIpc) is 2.81. The molecular formula is C24H30ClN5O4. The summed E-state index contributed by atoms with van der Waals surface area (Å²) in [7, 11) is 3.22. The highest BCUT2D eigenvalue weighted by molar-refractivity contribution is 6.33. The summed E-state index contributed by atoms with van der Waals surface area (Å²) in [6.07, 6.45) is 0. The fourth-order valence-corrected chi connectivity index (χ4v) is 3.67. The molecule has 1 aliphatic rings. The second-order valence-corrected chi connectivity index (χ2v) is 8.55. The molecule has 0 saturated carbocycles. The van der Waals surface area contributed by atoms with Crippen molar-refractivity contribution in [2.75, 3.05) is 75.6 Å². The van der Waals surface area contributed by atoms with Gasteiger partial charge in [-0.15, -0.1) is 0 Å². The highest BCUT2D eigenvalue weighted by Crippen LogP contribution is 2.20. The van der Waals surface area contributed by atoms with Crippen molar-refractivity contribution in [3.05, 3.63) is 53.6 Å². The summed E-state index contributed by atoms with van der Waals surface area (Å²) in [5.41, 5.74) is 2.27. The van der Waals surface area contributed by atoms with Crippen LogP contribution in [0.25, 0.3) is 0 Å². The molecule has 10 heteroatoms. The molecule has 0 aliphatic carbocycles. The average molecular weight is 488 g/mol. The van der Waals surface area contributed by atoms with Crippen LogP contribution >= 0.6 is 11.6 Å². The van der Waals surface area contributed by atoms with Gasteiger partial charge in [-0.2, -0.15) is 0 Å². The van der Waals surface area contributed by atoms with Crippen molar-refractivity contribution >= 4 is 46.4 Å². The first-order valence-corrected chi connectivity index (χ1v) is 11.4. The molecule has 0 radical (unpaired) electrons. The minimum Gasteiger partial charge on any atom is -0.378 e. The topological polar surface area (TPSA) is 94.2 Å². The van der Waals surface area contributed by atoms with Gasteiger partial charge in [-0.05, 0) is 43.4 Å². The van der Waals surface area contributed by atoms with E-state index in [1.807, 2.05) is 24.3 Å². The predicted molar refractivity (Wildman–Crippen MR) is 133 cm³/mol. The van der Waals surface area contributed by atoms with E-state index in [2.05, 4.69) is 15.5 Å². The van der Waals surface area contributed by atoms with Gasteiger partial charge in [-0.25, -0.2) is 0 Å². The predicted octanol–water partition coefficient (Wildman–Crippen LogP) is 2.14. The fraction of sp³-hybridized carbons (Fsp3) is 0.375. The Labute approximate surface area is 204 Å². The van der Waals surface area contributed by atoms with Crippen LogP contribution in [0.5, 0.6) is 0 Å². The summed E-state index contributed by atoms with van der Waals surface area (Å²) in [6, 6.07) is 14.5. The number of anilines is 3. The lowest BCUT2D eigenvalue weighted by Gasteiger charge is -2.28. The molecule has 0 unspecified atom stereocenters. The van der Waals surface area contributed by atoms with E-state index in [-0.39, 0.29) is 37.4 Å². The van der Waals surface area contributed by atoms with E-state index in [9.17, 15) is 14.4 Å². The smallest absolute Gasteiger partial charge is 0.244 e. The van der Waals surface area contributed by atoms with Crippen molar-refractivity contribution in [2.45, 2.75) is 0 Å². The Morgan fingerprint density at radius 3 is 2.24 bits per heavy atom. The minimum atomic E-state index is -0.357. The summed E-state index contributed by atoms with van der Waals surface area (Å²) in [6.45, 7) is 3.03. The van der Waals surface area contributed by atoms with Gasteiger partial charge in [-0.1, -0.05) is 23.7 Å². The van der Waals surface area contributed by atoms with Crippen LogP contribution < -0.4 is 15.5 Å². The molecule has 9 nitrogen and oxygen atoms in total. The standard InChI is InChI=1S/C24H30ClN5O4/c1-28(17-24(33)29(2)16-23(32)27-21-6-4-3-5-20(21)25)15-22(31)26-18-7-9-19(10-8-18)30-11-13-34-14-12-30/h3-10H,11-17H2,1-2H3,(H,26,31)(H,27,32). The highest BCUT2D eigenvalue weighted by atomic mass is 35.5. The van der Waals surface area contributed by atoms with Gasteiger partial charge < -0.3 is 25.2 Å². The van der Waals surface area contributed by atoms with Crippen LogP contribution in [0.4, 0.5) is 17.1 Å². The molecule has 182 valence electrons. The molecule has 1 heterocycles. The van der Waals surface area contributed by atoms with Gasteiger partial charge in [-0.3, -0.25) is 19.3 Å². The Balaban J connectivity index is 1.41. The van der Waals surface area contributed by atoms with Gasteiger partial charge in [0.15, 0.2) is 0 Å². The number of morpholine rings is 1. The number of nitrogens with one attached hydrogen (secondary N) is 2. The quantitative estimate of drug-likeness (QED) is 0.563. The molecule has 2 N–H and O–H groups in total. The SMILES string of the molecule is CN(CC(=O)Nc1ccc(N2CCOCC2)cc1)CC(=O)N(C)CC(=O)Nc1ccccc1Cl. The minimum absolute atomic E-state index is 0.000732. The van der Waals surface area contributed by atoms with Gasteiger partial charge in [0.05, 0.1) is 43.6 Å². The van der Waals surface area contributed by atoms with Gasteiger partial charge in [0.1, 0.15) is 0 Å². The molecule has 1 saturated heterocycles. The zero-order chi connectivity index (χ0) is 24.5.